The summed E-state index contributed by atoms with van der Waals surface area (Å²) in [6.07, 6.45) is 0.925. The summed E-state index contributed by atoms with van der Waals surface area (Å²) in [5.41, 5.74) is -1.35. The van der Waals surface area contributed by atoms with Crippen LogP contribution in [0.25, 0.3) is 0 Å². The van der Waals surface area contributed by atoms with E-state index in [1.54, 1.807) is 30.3 Å². The van der Waals surface area contributed by atoms with Crippen molar-refractivity contribution in [2.45, 2.75) is 6.92 Å². The molecule has 0 atom stereocenters. The standard InChI is InChI=1S/C18H13F4NO3/c1-2-26-18(25)12(9-23-10-6-4-3-5-7-10)17(24)11-8-13(19)15(21)16(22)14(11)20/h3-9,23H,2H2,1H3. The lowest BCUT2D eigenvalue weighted by atomic mass is 10.0. The third kappa shape index (κ3) is 4.08. The van der Waals surface area contributed by atoms with Crippen LogP contribution < -0.4 is 5.32 Å². The number of ether oxygens (including phenoxy) is 1. The molecule has 0 saturated carbocycles. The van der Waals surface area contributed by atoms with Crippen LogP contribution in [0.5, 0.6) is 0 Å². The van der Waals surface area contributed by atoms with Crippen LogP contribution in [-0.4, -0.2) is 18.4 Å². The topological polar surface area (TPSA) is 55.4 Å². The summed E-state index contributed by atoms with van der Waals surface area (Å²) in [6, 6.07) is 8.49. The highest BCUT2D eigenvalue weighted by Gasteiger charge is 2.28. The highest BCUT2D eigenvalue weighted by atomic mass is 19.2. The summed E-state index contributed by atoms with van der Waals surface area (Å²) < 4.78 is 58.4. The molecule has 0 saturated heterocycles. The normalized spacial score (nSPS) is 11.2. The van der Waals surface area contributed by atoms with Crippen LogP contribution in [0.3, 0.4) is 0 Å². The summed E-state index contributed by atoms with van der Waals surface area (Å²) in [6.45, 7) is 1.38. The molecule has 0 aromatic heterocycles. The molecule has 0 fully saturated rings. The Bertz CT molecular complexity index is 866. The number of benzene rings is 2. The Morgan fingerprint density at radius 1 is 1.04 bits per heavy atom. The second-order valence-electron chi connectivity index (χ2n) is 4.97. The fourth-order valence-corrected chi connectivity index (χ4v) is 2.00. The van der Waals surface area contributed by atoms with E-state index in [4.69, 9.17) is 4.74 Å². The third-order valence-corrected chi connectivity index (χ3v) is 3.24. The number of hydrogen-bond acceptors (Lipinski definition) is 4. The largest absolute Gasteiger partial charge is 0.462 e. The number of halogens is 4. The van der Waals surface area contributed by atoms with E-state index in [0.717, 1.165) is 6.20 Å². The predicted molar refractivity (Wildman–Crippen MR) is 85.4 cm³/mol. The number of hydrogen-bond donors (Lipinski definition) is 1. The third-order valence-electron chi connectivity index (χ3n) is 3.24. The van der Waals surface area contributed by atoms with Crippen molar-refractivity contribution in [2.24, 2.45) is 0 Å². The number of para-hydroxylation sites is 1. The molecular weight excluding hydrogens is 354 g/mol. The summed E-state index contributed by atoms with van der Waals surface area (Å²) in [4.78, 5) is 24.4. The zero-order valence-electron chi connectivity index (χ0n) is 13.5. The first kappa shape index (κ1) is 19.2. The maximum atomic E-state index is 13.9. The molecule has 0 aliphatic heterocycles. The Morgan fingerprint density at radius 2 is 1.69 bits per heavy atom. The smallest absolute Gasteiger partial charge is 0.343 e. The summed E-state index contributed by atoms with van der Waals surface area (Å²) in [5.74, 6) is -10.3. The van der Waals surface area contributed by atoms with Gasteiger partial charge < -0.3 is 10.1 Å². The summed E-state index contributed by atoms with van der Waals surface area (Å²) in [5, 5.41) is 2.63. The Morgan fingerprint density at radius 3 is 2.31 bits per heavy atom. The Kier molecular flexibility index (Phi) is 6.11. The van der Waals surface area contributed by atoms with Crippen LogP contribution >= 0.6 is 0 Å². The van der Waals surface area contributed by atoms with Crippen LogP contribution in [0.15, 0.2) is 48.2 Å². The number of carbonyl (C=O) groups excluding carboxylic acids is 2. The maximum absolute atomic E-state index is 13.9. The fraction of sp³-hybridized carbons (Fsp3) is 0.111. The second-order valence-corrected chi connectivity index (χ2v) is 4.97. The zero-order valence-corrected chi connectivity index (χ0v) is 13.5. The van der Waals surface area contributed by atoms with Crippen molar-refractivity contribution in [2.75, 3.05) is 11.9 Å². The SMILES string of the molecule is CCOC(=O)C(=CNc1ccccc1)C(=O)c1cc(F)c(F)c(F)c1F. The predicted octanol–water partition coefficient (Wildman–Crippen LogP) is 3.98. The van der Waals surface area contributed by atoms with Crippen molar-refractivity contribution in [3.8, 4) is 0 Å². The van der Waals surface area contributed by atoms with E-state index in [1.165, 1.54) is 6.92 Å². The van der Waals surface area contributed by atoms with E-state index < -0.39 is 46.2 Å². The molecule has 0 aliphatic carbocycles. The first-order valence-electron chi connectivity index (χ1n) is 7.43. The average molecular weight is 367 g/mol. The molecule has 2 aromatic carbocycles. The van der Waals surface area contributed by atoms with Crippen LogP contribution in [0.2, 0.25) is 0 Å². The minimum absolute atomic E-state index is 0.0938. The average Bonchev–Trinajstić information content (AvgIpc) is 2.64. The lowest BCUT2D eigenvalue weighted by molar-refractivity contribution is -0.138. The highest BCUT2D eigenvalue weighted by molar-refractivity contribution is 6.24. The number of anilines is 1. The molecule has 2 rings (SSSR count). The summed E-state index contributed by atoms with van der Waals surface area (Å²) >= 11 is 0. The Labute approximate surface area is 146 Å². The Balaban J connectivity index is 2.45. The molecule has 0 radical (unpaired) electrons. The van der Waals surface area contributed by atoms with E-state index in [2.05, 4.69) is 5.32 Å². The van der Waals surface area contributed by atoms with Crippen molar-refractivity contribution in [3.63, 3.8) is 0 Å². The van der Waals surface area contributed by atoms with E-state index >= 15 is 0 Å². The first-order chi connectivity index (χ1) is 12.4. The van der Waals surface area contributed by atoms with Gasteiger partial charge in [0, 0.05) is 11.9 Å². The second kappa shape index (κ2) is 8.28. The van der Waals surface area contributed by atoms with Crippen molar-refractivity contribution in [3.05, 3.63) is 77.0 Å². The van der Waals surface area contributed by atoms with Gasteiger partial charge in [0.05, 0.1) is 12.2 Å². The molecule has 0 unspecified atom stereocenters. The molecule has 2 aromatic rings. The first-order valence-corrected chi connectivity index (χ1v) is 7.43. The lowest BCUT2D eigenvalue weighted by Crippen LogP contribution is -2.19. The van der Waals surface area contributed by atoms with Crippen molar-refractivity contribution in [1.82, 2.24) is 0 Å². The van der Waals surface area contributed by atoms with E-state index in [1.807, 2.05) is 0 Å². The van der Waals surface area contributed by atoms with Crippen LogP contribution in [-0.2, 0) is 9.53 Å². The molecular formula is C18H13F4NO3. The van der Waals surface area contributed by atoms with Gasteiger partial charge in [0.25, 0.3) is 0 Å². The Hall–Kier alpha value is -3.16. The van der Waals surface area contributed by atoms with Gasteiger partial charge >= 0.3 is 5.97 Å². The molecule has 0 heterocycles. The summed E-state index contributed by atoms with van der Waals surface area (Å²) in [7, 11) is 0. The maximum Gasteiger partial charge on any atom is 0.343 e. The van der Waals surface area contributed by atoms with Crippen LogP contribution in [0.1, 0.15) is 17.3 Å². The fourth-order valence-electron chi connectivity index (χ4n) is 2.00. The van der Waals surface area contributed by atoms with Gasteiger partial charge in [-0.15, -0.1) is 0 Å². The van der Waals surface area contributed by atoms with Gasteiger partial charge in [-0.25, -0.2) is 22.4 Å². The van der Waals surface area contributed by atoms with Gasteiger partial charge in [-0.1, -0.05) is 18.2 Å². The molecule has 26 heavy (non-hydrogen) atoms. The minimum Gasteiger partial charge on any atom is -0.462 e. The monoisotopic (exact) mass is 367 g/mol. The van der Waals surface area contributed by atoms with Gasteiger partial charge in [0.2, 0.25) is 5.78 Å². The van der Waals surface area contributed by atoms with Gasteiger partial charge in [0.1, 0.15) is 5.57 Å². The number of rotatable bonds is 6. The minimum atomic E-state index is -2.15. The zero-order chi connectivity index (χ0) is 19.3. The lowest BCUT2D eigenvalue weighted by Gasteiger charge is -2.09. The molecule has 0 bridgehead atoms. The van der Waals surface area contributed by atoms with Crippen molar-refractivity contribution < 1.29 is 31.9 Å². The molecule has 0 amide bonds. The van der Waals surface area contributed by atoms with Crippen LogP contribution in [0, 0.1) is 23.3 Å². The molecule has 0 aliphatic rings. The molecule has 8 heteroatoms. The van der Waals surface area contributed by atoms with Gasteiger partial charge in [-0.3, -0.25) is 4.79 Å². The molecule has 1 N–H and O–H groups in total. The van der Waals surface area contributed by atoms with Crippen molar-refractivity contribution in [1.29, 1.82) is 0 Å². The van der Waals surface area contributed by atoms with Gasteiger partial charge in [0.15, 0.2) is 23.3 Å². The number of carbonyl (C=O) groups is 2. The van der Waals surface area contributed by atoms with E-state index in [-0.39, 0.29) is 12.7 Å². The van der Waals surface area contributed by atoms with Crippen molar-refractivity contribution >= 4 is 17.4 Å². The number of nitrogens with one attached hydrogen (secondary N) is 1. The van der Waals surface area contributed by atoms with E-state index in [0.29, 0.717) is 5.69 Å². The highest BCUT2D eigenvalue weighted by Crippen LogP contribution is 2.22. The number of ketones is 1. The molecule has 4 nitrogen and oxygen atoms in total. The molecule has 0 spiro atoms. The number of esters is 1. The quantitative estimate of drug-likeness (QED) is 0.123. The van der Waals surface area contributed by atoms with Gasteiger partial charge in [-0.2, -0.15) is 0 Å². The van der Waals surface area contributed by atoms with Gasteiger partial charge in [-0.05, 0) is 25.1 Å². The molecule has 136 valence electrons. The van der Waals surface area contributed by atoms with E-state index in [9.17, 15) is 27.2 Å². The van der Waals surface area contributed by atoms with Crippen LogP contribution in [0.4, 0.5) is 23.2 Å². The number of Topliss-reactive ketones (excluding diaryl/α,β-unsaturated/α-hetero) is 1.